The molecule has 5 nitrogen and oxygen atoms in total. The van der Waals surface area contributed by atoms with Gasteiger partial charge in [-0.3, -0.25) is 9.59 Å². The Morgan fingerprint density at radius 1 is 1.42 bits per heavy atom. The van der Waals surface area contributed by atoms with Crippen molar-refractivity contribution >= 4 is 11.8 Å². The Morgan fingerprint density at radius 2 is 2.26 bits per heavy atom. The fraction of sp³-hybridized carbons (Fsp3) is 0.429. The van der Waals surface area contributed by atoms with E-state index in [9.17, 15) is 9.59 Å². The zero-order valence-corrected chi connectivity index (χ0v) is 11.0. The van der Waals surface area contributed by atoms with Crippen molar-refractivity contribution in [1.82, 2.24) is 16.0 Å². The molecule has 2 rings (SSSR count). The summed E-state index contributed by atoms with van der Waals surface area (Å²) in [5, 5.41) is 8.67. The normalized spacial score (nSPS) is 18.1. The maximum Gasteiger partial charge on any atom is 0.251 e. The number of nitrogens with one attached hydrogen (secondary N) is 3. The zero-order chi connectivity index (χ0) is 13.7. The van der Waals surface area contributed by atoms with Gasteiger partial charge in [0.1, 0.15) is 0 Å². The van der Waals surface area contributed by atoms with Crippen LogP contribution in [0.5, 0.6) is 0 Å². The van der Waals surface area contributed by atoms with E-state index < -0.39 is 0 Å². The first-order chi connectivity index (χ1) is 9.20. The first-order valence-corrected chi connectivity index (χ1v) is 6.50. The molecule has 1 unspecified atom stereocenters. The number of carbonyl (C=O) groups is 2. The van der Waals surface area contributed by atoms with Gasteiger partial charge in [0.05, 0.1) is 5.92 Å². The number of carbonyl (C=O) groups excluding carboxylic acids is 2. The average molecular weight is 261 g/mol. The van der Waals surface area contributed by atoms with E-state index in [4.69, 9.17) is 0 Å². The molecule has 1 aromatic rings. The van der Waals surface area contributed by atoms with Gasteiger partial charge in [-0.1, -0.05) is 12.1 Å². The summed E-state index contributed by atoms with van der Waals surface area (Å²) in [6.45, 7) is 2.12. The minimum Gasteiger partial charge on any atom is -0.355 e. The van der Waals surface area contributed by atoms with Crippen LogP contribution in [0.4, 0.5) is 0 Å². The van der Waals surface area contributed by atoms with E-state index in [0.717, 1.165) is 25.1 Å². The van der Waals surface area contributed by atoms with Crippen LogP contribution in [-0.4, -0.2) is 32.0 Å². The van der Waals surface area contributed by atoms with E-state index in [1.807, 2.05) is 12.1 Å². The molecule has 1 heterocycles. The zero-order valence-electron chi connectivity index (χ0n) is 11.0. The van der Waals surface area contributed by atoms with Gasteiger partial charge in [-0.05, 0) is 30.7 Å². The Bertz CT molecular complexity index is 468. The van der Waals surface area contributed by atoms with Crippen LogP contribution in [0.3, 0.4) is 0 Å². The molecule has 0 saturated carbocycles. The van der Waals surface area contributed by atoms with E-state index in [1.54, 1.807) is 19.2 Å². The van der Waals surface area contributed by atoms with Crippen LogP contribution in [0.25, 0.3) is 0 Å². The first kappa shape index (κ1) is 13.5. The molecule has 19 heavy (non-hydrogen) atoms. The van der Waals surface area contributed by atoms with Crippen LogP contribution in [0.15, 0.2) is 24.3 Å². The van der Waals surface area contributed by atoms with Gasteiger partial charge in [0.2, 0.25) is 5.91 Å². The molecule has 0 radical (unpaired) electrons. The minimum atomic E-state index is -0.117. The largest absolute Gasteiger partial charge is 0.355 e. The van der Waals surface area contributed by atoms with Crippen LogP contribution < -0.4 is 16.0 Å². The van der Waals surface area contributed by atoms with Crippen molar-refractivity contribution in [3.8, 4) is 0 Å². The molecule has 1 atom stereocenters. The number of rotatable bonds is 4. The van der Waals surface area contributed by atoms with Crippen LogP contribution >= 0.6 is 0 Å². The van der Waals surface area contributed by atoms with E-state index in [1.165, 1.54) is 0 Å². The topological polar surface area (TPSA) is 70.2 Å². The van der Waals surface area contributed by atoms with E-state index in [0.29, 0.717) is 12.1 Å². The average Bonchev–Trinajstić information content (AvgIpc) is 2.98. The summed E-state index contributed by atoms with van der Waals surface area (Å²) in [4.78, 5) is 23.4. The molecule has 0 aliphatic carbocycles. The Kier molecular flexibility index (Phi) is 4.52. The summed E-state index contributed by atoms with van der Waals surface area (Å²) in [6.07, 6.45) is 0.893. The standard InChI is InChI=1S/C14H19N3O2/c1-15-13(18)11-4-2-3-10(7-11)8-17-14(19)12-5-6-16-9-12/h2-4,7,12,16H,5-6,8-9H2,1H3,(H,15,18)(H,17,19). The Morgan fingerprint density at radius 3 is 2.95 bits per heavy atom. The third-order valence-electron chi connectivity index (χ3n) is 3.31. The molecule has 1 aliphatic heterocycles. The van der Waals surface area contributed by atoms with E-state index in [-0.39, 0.29) is 17.7 Å². The summed E-state index contributed by atoms with van der Waals surface area (Å²) < 4.78 is 0. The van der Waals surface area contributed by atoms with Gasteiger partial charge in [0.15, 0.2) is 0 Å². The molecule has 102 valence electrons. The van der Waals surface area contributed by atoms with Gasteiger partial charge < -0.3 is 16.0 Å². The minimum absolute atomic E-state index is 0.0714. The van der Waals surface area contributed by atoms with Gasteiger partial charge in [-0.25, -0.2) is 0 Å². The monoisotopic (exact) mass is 261 g/mol. The first-order valence-electron chi connectivity index (χ1n) is 6.50. The maximum absolute atomic E-state index is 11.9. The Labute approximate surface area is 112 Å². The second-order valence-electron chi connectivity index (χ2n) is 4.69. The van der Waals surface area contributed by atoms with Crippen molar-refractivity contribution in [3.63, 3.8) is 0 Å². The lowest BCUT2D eigenvalue weighted by Gasteiger charge is -2.10. The maximum atomic E-state index is 11.9. The van der Waals surface area contributed by atoms with Gasteiger partial charge in [0, 0.05) is 25.7 Å². The molecule has 1 saturated heterocycles. The quantitative estimate of drug-likeness (QED) is 0.728. The molecule has 1 aliphatic rings. The molecule has 0 aromatic heterocycles. The number of hydrogen-bond donors (Lipinski definition) is 3. The van der Waals surface area contributed by atoms with Crippen molar-refractivity contribution in [3.05, 3.63) is 35.4 Å². The second kappa shape index (κ2) is 6.33. The molecular weight excluding hydrogens is 242 g/mol. The van der Waals surface area contributed by atoms with Gasteiger partial charge in [-0.15, -0.1) is 0 Å². The summed E-state index contributed by atoms with van der Waals surface area (Å²) in [5.41, 5.74) is 1.54. The lowest BCUT2D eigenvalue weighted by atomic mass is 10.1. The molecule has 5 heteroatoms. The predicted octanol–water partition coefficient (Wildman–Crippen LogP) is 0.272. The summed E-state index contributed by atoms with van der Waals surface area (Å²) in [5.74, 6) is 0.0330. The third kappa shape index (κ3) is 3.54. The van der Waals surface area contributed by atoms with E-state index in [2.05, 4.69) is 16.0 Å². The third-order valence-corrected chi connectivity index (χ3v) is 3.31. The molecule has 0 spiro atoms. The molecule has 2 amide bonds. The van der Waals surface area contributed by atoms with Crippen molar-refractivity contribution in [2.45, 2.75) is 13.0 Å². The Hall–Kier alpha value is -1.88. The predicted molar refractivity (Wildman–Crippen MR) is 72.7 cm³/mol. The number of amides is 2. The SMILES string of the molecule is CNC(=O)c1cccc(CNC(=O)C2CCNC2)c1. The molecule has 3 N–H and O–H groups in total. The van der Waals surface area contributed by atoms with Crippen molar-refractivity contribution in [1.29, 1.82) is 0 Å². The van der Waals surface area contributed by atoms with Gasteiger partial charge in [-0.2, -0.15) is 0 Å². The van der Waals surface area contributed by atoms with Crippen LogP contribution in [0.2, 0.25) is 0 Å². The highest BCUT2D eigenvalue weighted by Crippen LogP contribution is 2.09. The second-order valence-corrected chi connectivity index (χ2v) is 4.69. The van der Waals surface area contributed by atoms with E-state index >= 15 is 0 Å². The van der Waals surface area contributed by atoms with Crippen molar-refractivity contribution in [2.24, 2.45) is 5.92 Å². The van der Waals surface area contributed by atoms with Gasteiger partial charge in [0.25, 0.3) is 5.91 Å². The summed E-state index contributed by atoms with van der Waals surface area (Å²) in [7, 11) is 1.60. The summed E-state index contributed by atoms with van der Waals surface area (Å²) in [6, 6.07) is 7.28. The van der Waals surface area contributed by atoms with Crippen LogP contribution in [-0.2, 0) is 11.3 Å². The van der Waals surface area contributed by atoms with Crippen LogP contribution in [0, 0.1) is 5.92 Å². The lowest BCUT2D eigenvalue weighted by Crippen LogP contribution is -2.31. The van der Waals surface area contributed by atoms with Gasteiger partial charge >= 0.3 is 0 Å². The number of benzene rings is 1. The summed E-state index contributed by atoms with van der Waals surface area (Å²) >= 11 is 0. The Balaban J connectivity index is 1.92. The highest BCUT2D eigenvalue weighted by molar-refractivity contribution is 5.94. The van der Waals surface area contributed by atoms with Crippen molar-refractivity contribution in [2.75, 3.05) is 20.1 Å². The molecule has 1 fully saturated rings. The fourth-order valence-electron chi connectivity index (χ4n) is 2.18. The molecule has 0 bridgehead atoms. The molecular formula is C14H19N3O2. The molecule has 1 aromatic carbocycles. The van der Waals surface area contributed by atoms with Crippen LogP contribution in [0.1, 0.15) is 22.3 Å². The lowest BCUT2D eigenvalue weighted by molar-refractivity contribution is -0.124. The highest BCUT2D eigenvalue weighted by atomic mass is 16.2. The smallest absolute Gasteiger partial charge is 0.251 e. The van der Waals surface area contributed by atoms with Crippen molar-refractivity contribution < 1.29 is 9.59 Å². The fourth-order valence-corrected chi connectivity index (χ4v) is 2.18. The number of hydrogen-bond acceptors (Lipinski definition) is 3. The highest BCUT2D eigenvalue weighted by Gasteiger charge is 2.21.